The van der Waals surface area contributed by atoms with Crippen LogP contribution in [0.1, 0.15) is 18.5 Å². The Morgan fingerprint density at radius 3 is 2.32 bits per heavy atom. The van der Waals surface area contributed by atoms with Crippen LogP contribution >= 0.6 is 11.6 Å². The maximum atomic E-state index is 14.4. The van der Waals surface area contributed by atoms with Gasteiger partial charge in [-0.05, 0) is 43.5 Å². The van der Waals surface area contributed by atoms with Crippen LogP contribution in [0.15, 0.2) is 38.6 Å². The third-order valence-electron chi connectivity index (χ3n) is 6.30. The van der Waals surface area contributed by atoms with Gasteiger partial charge in [0.25, 0.3) is 5.56 Å². The van der Waals surface area contributed by atoms with E-state index in [1.54, 1.807) is 6.07 Å². The van der Waals surface area contributed by atoms with Crippen molar-refractivity contribution in [3.05, 3.63) is 77.8 Å². The molecular formula is C24H19ClF5N5O3. The predicted octanol–water partition coefficient (Wildman–Crippen LogP) is 3.90. The molecule has 0 aliphatic carbocycles. The van der Waals surface area contributed by atoms with E-state index in [0.29, 0.717) is 16.3 Å². The van der Waals surface area contributed by atoms with Gasteiger partial charge in [0.05, 0.1) is 28.3 Å². The number of halogens is 6. The van der Waals surface area contributed by atoms with Crippen LogP contribution in [0.5, 0.6) is 0 Å². The SMILES string of the molecule is Cc1cc(-n2c(=O)c(-c3cc(F)c(F)c(Cl)c3)c(N3CCC(C(F)(F)F)CC3)n(CC#N)c2=O)cc(=O)[nH]1. The Morgan fingerprint density at radius 1 is 1.11 bits per heavy atom. The summed E-state index contributed by atoms with van der Waals surface area (Å²) in [5.74, 6) is -4.65. The highest BCUT2D eigenvalue weighted by Crippen LogP contribution is 2.38. The molecule has 1 fully saturated rings. The van der Waals surface area contributed by atoms with Gasteiger partial charge >= 0.3 is 11.9 Å². The molecule has 1 N–H and O–H groups in total. The number of piperidine rings is 1. The van der Waals surface area contributed by atoms with Crippen molar-refractivity contribution in [2.75, 3.05) is 18.0 Å². The van der Waals surface area contributed by atoms with E-state index in [9.17, 15) is 41.6 Å². The minimum atomic E-state index is -4.45. The molecular weight excluding hydrogens is 537 g/mol. The molecule has 38 heavy (non-hydrogen) atoms. The Bertz CT molecular complexity index is 1610. The van der Waals surface area contributed by atoms with E-state index in [-0.39, 0.29) is 43.0 Å². The number of nitriles is 1. The average molecular weight is 556 g/mol. The largest absolute Gasteiger partial charge is 0.391 e. The zero-order chi connectivity index (χ0) is 27.9. The van der Waals surface area contributed by atoms with E-state index in [0.717, 1.165) is 16.7 Å². The van der Waals surface area contributed by atoms with Crippen molar-refractivity contribution in [3.8, 4) is 22.9 Å². The zero-order valence-electron chi connectivity index (χ0n) is 19.7. The quantitative estimate of drug-likeness (QED) is 0.388. The lowest BCUT2D eigenvalue weighted by Gasteiger charge is -2.36. The van der Waals surface area contributed by atoms with Gasteiger partial charge in [0.1, 0.15) is 12.4 Å². The van der Waals surface area contributed by atoms with E-state index >= 15 is 0 Å². The zero-order valence-corrected chi connectivity index (χ0v) is 20.5. The van der Waals surface area contributed by atoms with Crippen LogP contribution in [0.2, 0.25) is 5.02 Å². The van der Waals surface area contributed by atoms with E-state index in [2.05, 4.69) is 4.98 Å². The average Bonchev–Trinajstić information content (AvgIpc) is 2.83. The Labute approximate surface area is 216 Å². The molecule has 2 aromatic heterocycles. The number of hydrogen-bond acceptors (Lipinski definition) is 5. The molecule has 0 atom stereocenters. The highest BCUT2D eigenvalue weighted by molar-refractivity contribution is 6.31. The number of hydrogen-bond donors (Lipinski definition) is 1. The lowest BCUT2D eigenvalue weighted by atomic mass is 9.95. The first-order valence-electron chi connectivity index (χ1n) is 11.3. The maximum absolute atomic E-state index is 14.4. The number of nitrogens with zero attached hydrogens (tertiary/aromatic N) is 4. The van der Waals surface area contributed by atoms with Gasteiger partial charge in [-0.3, -0.25) is 14.2 Å². The van der Waals surface area contributed by atoms with E-state index < -0.39 is 57.7 Å². The highest BCUT2D eigenvalue weighted by Gasteiger charge is 2.42. The molecule has 0 saturated carbocycles. The molecule has 0 bridgehead atoms. The lowest BCUT2D eigenvalue weighted by molar-refractivity contribution is -0.179. The second-order valence-corrected chi connectivity index (χ2v) is 9.22. The highest BCUT2D eigenvalue weighted by atomic mass is 35.5. The van der Waals surface area contributed by atoms with Crippen LogP contribution < -0.4 is 21.7 Å². The summed E-state index contributed by atoms with van der Waals surface area (Å²) >= 11 is 5.83. The number of nitrogens with one attached hydrogen (secondary N) is 1. The molecule has 1 aromatic carbocycles. The number of pyridine rings is 1. The number of benzene rings is 1. The summed E-state index contributed by atoms with van der Waals surface area (Å²) in [6.07, 6.45) is -5.17. The number of anilines is 1. The van der Waals surface area contributed by atoms with Crippen LogP contribution in [0.4, 0.5) is 27.8 Å². The van der Waals surface area contributed by atoms with Gasteiger partial charge < -0.3 is 9.88 Å². The Kier molecular flexibility index (Phi) is 7.20. The van der Waals surface area contributed by atoms with Gasteiger partial charge in [0.15, 0.2) is 11.6 Å². The van der Waals surface area contributed by atoms with E-state index in [4.69, 9.17) is 11.6 Å². The molecule has 0 spiro atoms. The van der Waals surface area contributed by atoms with Crippen molar-refractivity contribution in [1.29, 1.82) is 5.26 Å². The second kappa shape index (κ2) is 10.1. The minimum absolute atomic E-state index is 0.162. The van der Waals surface area contributed by atoms with Crippen molar-refractivity contribution >= 4 is 17.4 Å². The van der Waals surface area contributed by atoms with Crippen LogP contribution in [0.25, 0.3) is 16.8 Å². The van der Waals surface area contributed by atoms with E-state index in [1.165, 1.54) is 17.9 Å². The molecule has 0 amide bonds. The number of alkyl halides is 3. The minimum Gasteiger partial charge on any atom is -0.357 e. The molecule has 1 aliphatic rings. The standard InChI is InChI=1S/C24H19ClF5N5O3/c1-12-8-15(11-18(36)32-12)35-22(37)19(13-9-16(25)20(27)17(26)10-13)21(34(7-4-31)23(35)38)33-5-2-14(3-6-33)24(28,29)30/h8-11,14H,2-3,5-7H2,1H3,(H,32,36). The van der Waals surface area contributed by atoms with Gasteiger partial charge in [-0.25, -0.2) is 18.1 Å². The molecule has 0 unspecified atom stereocenters. The van der Waals surface area contributed by atoms with Gasteiger partial charge in [-0.15, -0.1) is 0 Å². The summed E-state index contributed by atoms with van der Waals surface area (Å²) in [4.78, 5) is 43.3. The number of H-pyrrole nitrogens is 1. The summed E-state index contributed by atoms with van der Waals surface area (Å²) in [6.45, 7) is 0.374. The topological polar surface area (TPSA) is 104 Å². The number of aryl methyl sites for hydroxylation is 1. The maximum Gasteiger partial charge on any atom is 0.391 e. The third kappa shape index (κ3) is 4.96. The molecule has 200 valence electrons. The summed E-state index contributed by atoms with van der Waals surface area (Å²) in [6, 6.07) is 5.67. The smallest absolute Gasteiger partial charge is 0.357 e. The van der Waals surface area contributed by atoms with Crippen molar-refractivity contribution in [1.82, 2.24) is 14.1 Å². The molecule has 1 saturated heterocycles. The fraction of sp³-hybridized carbons (Fsp3) is 0.333. The third-order valence-corrected chi connectivity index (χ3v) is 6.57. The van der Waals surface area contributed by atoms with Crippen molar-refractivity contribution in [2.24, 2.45) is 5.92 Å². The lowest BCUT2D eigenvalue weighted by Crippen LogP contribution is -2.46. The molecule has 3 heterocycles. The fourth-order valence-electron chi connectivity index (χ4n) is 4.57. The second-order valence-electron chi connectivity index (χ2n) is 8.81. The van der Waals surface area contributed by atoms with Crippen molar-refractivity contribution in [2.45, 2.75) is 32.5 Å². The summed E-state index contributed by atoms with van der Waals surface area (Å²) in [5.41, 5.74) is -3.30. The van der Waals surface area contributed by atoms with Crippen LogP contribution in [0.3, 0.4) is 0 Å². The first kappa shape index (κ1) is 27.1. The number of aromatic nitrogens is 3. The van der Waals surface area contributed by atoms with E-state index in [1.807, 2.05) is 0 Å². The fourth-order valence-corrected chi connectivity index (χ4v) is 4.78. The normalized spacial score (nSPS) is 14.5. The van der Waals surface area contributed by atoms with Gasteiger partial charge in [-0.1, -0.05) is 11.6 Å². The van der Waals surface area contributed by atoms with Gasteiger partial charge in [0.2, 0.25) is 5.56 Å². The Morgan fingerprint density at radius 2 is 1.76 bits per heavy atom. The molecule has 0 radical (unpaired) electrons. The summed E-state index contributed by atoms with van der Waals surface area (Å²) < 4.78 is 69.7. The van der Waals surface area contributed by atoms with Crippen molar-refractivity contribution in [3.63, 3.8) is 0 Å². The van der Waals surface area contributed by atoms with Crippen molar-refractivity contribution < 1.29 is 22.0 Å². The summed E-state index contributed by atoms with van der Waals surface area (Å²) in [7, 11) is 0. The molecule has 4 rings (SSSR count). The Balaban J connectivity index is 2.07. The van der Waals surface area contributed by atoms with Gasteiger partial charge in [-0.2, -0.15) is 18.4 Å². The monoisotopic (exact) mass is 555 g/mol. The first-order chi connectivity index (χ1) is 17.8. The molecule has 3 aromatic rings. The summed E-state index contributed by atoms with van der Waals surface area (Å²) in [5, 5.41) is 8.79. The number of aromatic amines is 1. The molecule has 8 nitrogen and oxygen atoms in total. The van der Waals surface area contributed by atoms with Crippen LogP contribution in [0, 0.1) is 35.8 Å². The predicted molar refractivity (Wildman–Crippen MR) is 129 cm³/mol. The first-order valence-corrected chi connectivity index (χ1v) is 11.7. The number of rotatable bonds is 4. The molecule has 1 aliphatic heterocycles. The van der Waals surface area contributed by atoms with Crippen LogP contribution in [-0.2, 0) is 6.54 Å². The van der Waals surface area contributed by atoms with Gasteiger partial charge in [0, 0.05) is 24.8 Å². The Hall–Kier alpha value is -3.92. The molecule has 14 heteroatoms. The van der Waals surface area contributed by atoms with Crippen LogP contribution in [-0.4, -0.2) is 33.4 Å².